The van der Waals surface area contributed by atoms with Crippen LogP contribution in [0, 0.1) is 13.8 Å². The van der Waals surface area contributed by atoms with Crippen LogP contribution in [0.3, 0.4) is 0 Å². The molecule has 210 valence electrons. The van der Waals surface area contributed by atoms with Gasteiger partial charge in [0.2, 0.25) is 0 Å². The van der Waals surface area contributed by atoms with Gasteiger partial charge >= 0.3 is 0 Å². The zero-order valence-corrected chi connectivity index (χ0v) is 23.8. The molecule has 1 N–H and O–H groups in total. The highest BCUT2D eigenvalue weighted by Crippen LogP contribution is 2.34. The first-order valence-corrected chi connectivity index (χ1v) is 14.5. The predicted molar refractivity (Wildman–Crippen MR) is 156 cm³/mol. The Hall–Kier alpha value is -3.56. The molecule has 9 nitrogen and oxygen atoms in total. The Morgan fingerprint density at radius 2 is 1.77 bits per heavy atom. The van der Waals surface area contributed by atoms with E-state index in [1.54, 1.807) is 7.11 Å². The van der Waals surface area contributed by atoms with Crippen LogP contribution in [0.25, 0.3) is 10.9 Å². The molecule has 3 heterocycles. The Morgan fingerprint density at radius 3 is 2.55 bits per heavy atom. The second kappa shape index (κ2) is 11.5. The average molecular weight is 542 g/mol. The van der Waals surface area contributed by atoms with E-state index in [-0.39, 0.29) is 17.6 Å². The fraction of sp³-hybridized carbons (Fsp3) is 0.484. The highest BCUT2D eigenvalue weighted by molar-refractivity contribution is 5.85. The highest BCUT2D eigenvalue weighted by Gasteiger charge is 2.34. The van der Waals surface area contributed by atoms with Crippen molar-refractivity contribution in [3.05, 3.63) is 80.9 Å². The summed E-state index contributed by atoms with van der Waals surface area (Å²) in [6.45, 7) is 8.42. The summed E-state index contributed by atoms with van der Waals surface area (Å²) in [5, 5.41) is 14.3. The third-order valence-corrected chi connectivity index (χ3v) is 8.76. The van der Waals surface area contributed by atoms with E-state index < -0.39 is 0 Å². The monoisotopic (exact) mass is 541 g/mol. The van der Waals surface area contributed by atoms with Gasteiger partial charge in [-0.15, -0.1) is 5.10 Å². The number of tetrazole rings is 1. The molecule has 0 radical (unpaired) electrons. The van der Waals surface area contributed by atoms with Crippen LogP contribution >= 0.6 is 0 Å². The Morgan fingerprint density at radius 1 is 1.00 bits per heavy atom. The van der Waals surface area contributed by atoms with E-state index in [9.17, 15) is 4.79 Å². The zero-order valence-electron chi connectivity index (χ0n) is 23.8. The summed E-state index contributed by atoms with van der Waals surface area (Å²) in [4.78, 5) is 21.8. The first-order valence-electron chi connectivity index (χ1n) is 14.5. The number of aryl methyl sites for hydroxylation is 2. The maximum atomic E-state index is 13.7. The van der Waals surface area contributed by atoms with Gasteiger partial charge in [0.15, 0.2) is 5.82 Å². The molecule has 2 aromatic heterocycles. The number of rotatable bonds is 7. The van der Waals surface area contributed by atoms with Crippen molar-refractivity contribution in [2.75, 3.05) is 33.3 Å². The third kappa shape index (κ3) is 5.28. The summed E-state index contributed by atoms with van der Waals surface area (Å²) >= 11 is 0. The lowest BCUT2D eigenvalue weighted by Gasteiger charge is -2.39. The molecular formula is C31H39N7O2. The number of methoxy groups -OCH3 is 1. The first kappa shape index (κ1) is 26.7. The molecule has 1 saturated heterocycles. The van der Waals surface area contributed by atoms with Gasteiger partial charge in [-0.2, -0.15) is 0 Å². The number of hydrogen-bond acceptors (Lipinski definition) is 7. The number of ether oxygens (including phenoxy) is 1. The Balaban J connectivity index is 1.34. The quantitative estimate of drug-likeness (QED) is 0.367. The van der Waals surface area contributed by atoms with Crippen LogP contribution in [0.4, 0.5) is 0 Å². The summed E-state index contributed by atoms with van der Waals surface area (Å²) < 4.78 is 7.45. The van der Waals surface area contributed by atoms with Gasteiger partial charge in [-0.1, -0.05) is 43.5 Å². The fourth-order valence-electron chi connectivity index (χ4n) is 6.47. The van der Waals surface area contributed by atoms with Crippen LogP contribution in [0.2, 0.25) is 0 Å². The van der Waals surface area contributed by atoms with E-state index in [0.717, 1.165) is 79.2 Å². The standard InChI is InChI=1S/C31H39N7O2/c1-21-12-13-22(2)28-26(21)19-27(31(39)32-28)29(30-33-34-35-38(30)24-9-5-4-6-10-24)37-16-14-36(15-17-37)20-23-8-7-11-25(18-23)40-3/h7-8,11-13,18-19,24,29H,4-6,9-10,14-17,20H2,1-3H3,(H,32,39)/t29-/m1/s1. The number of nitrogens with one attached hydrogen (secondary N) is 1. The van der Waals surface area contributed by atoms with Crippen molar-refractivity contribution in [2.24, 2.45) is 0 Å². The third-order valence-electron chi connectivity index (χ3n) is 8.76. The van der Waals surface area contributed by atoms with Crippen LogP contribution in [0.15, 0.2) is 47.3 Å². The van der Waals surface area contributed by atoms with Crippen molar-refractivity contribution < 1.29 is 4.74 Å². The van der Waals surface area contributed by atoms with Crippen LogP contribution in [0.5, 0.6) is 5.75 Å². The Bertz CT molecular complexity index is 1530. The number of aromatic amines is 1. The molecule has 0 amide bonds. The Kier molecular flexibility index (Phi) is 7.67. The van der Waals surface area contributed by atoms with Gasteiger partial charge in [0.05, 0.1) is 18.7 Å². The average Bonchev–Trinajstić information content (AvgIpc) is 3.47. The summed E-state index contributed by atoms with van der Waals surface area (Å²) in [5.74, 6) is 1.66. The normalized spacial score (nSPS) is 18.3. The molecule has 1 aliphatic heterocycles. The number of hydrogen-bond donors (Lipinski definition) is 1. The largest absolute Gasteiger partial charge is 0.497 e. The van der Waals surface area contributed by atoms with E-state index in [4.69, 9.17) is 4.74 Å². The molecule has 1 saturated carbocycles. The number of benzene rings is 2. The number of fused-ring (bicyclic) bond motifs is 1. The summed E-state index contributed by atoms with van der Waals surface area (Å²) in [7, 11) is 1.70. The van der Waals surface area contributed by atoms with E-state index in [1.807, 2.05) is 23.7 Å². The molecular weight excluding hydrogens is 502 g/mol. The molecule has 0 bridgehead atoms. The van der Waals surface area contributed by atoms with Crippen molar-refractivity contribution in [1.29, 1.82) is 0 Å². The minimum Gasteiger partial charge on any atom is -0.497 e. The Labute approximate surface area is 235 Å². The number of nitrogens with zero attached hydrogens (tertiary/aromatic N) is 6. The van der Waals surface area contributed by atoms with E-state index in [0.29, 0.717) is 5.56 Å². The van der Waals surface area contributed by atoms with Crippen molar-refractivity contribution in [3.8, 4) is 5.75 Å². The number of H-pyrrole nitrogens is 1. The van der Waals surface area contributed by atoms with E-state index in [2.05, 4.69) is 67.6 Å². The molecule has 2 aliphatic rings. The number of pyridine rings is 1. The van der Waals surface area contributed by atoms with E-state index >= 15 is 0 Å². The van der Waals surface area contributed by atoms with Crippen LogP contribution < -0.4 is 10.3 Å². The predicted octanol–water partition coefficient (Wildman–Crippen LogP) is 4.55. The maximum Gasteiger partial charge on any atom is 0.253 e. The molecule has 40 heavy (non-hydrogen) atoms. The minimum absolute atomic E-state index is 0.0665. The second-order valence-electron chi connectivity index (χ2n) is 11.4. The molecule has 1 atom stereocenters. The van der Waals surface area contributed by atoms with Gasteiger partial charge in [-0.25, -0.2) is 4.68 Å². The van der Waals surface area contributed by atoms with Crippen molar-refractivity contribution in [3.63, 3.8) is 0 Å². The molecule has 6 rings (SSSR count). The topological polar surface area (TPSA) is 92.2 Å². The fourth-order valence-corrected chi connectivity index (χ4v) is 6.47. The van der Waals surface area contributed by atoms with Crippen molar-refractivity contribution >= 4 is 10.9 Å². The number of piperazine rings is 1. The second-order valence-corrected chi connectivity index (χ2v) is 11.4. The van der Waals surface area contributed by atoms with Crippen molar-refractivity contribution in [2.45, 2.75) is 64.6 Å². The molecule has 1 aliphatic carbocycles. The van der Waals surface area contributed by atoms with Gasteiger partial charge < -0.3 is 9.72 Å². The van der Waals surface area contributed by atoms with Crippen LogP contribution in [0.1, 0.15) is 72.3 Å². The van der Waals surface area contributed by atoms with Crippen LogP contribution in [-0.4, -0.2) is 68.3 Å². The van der Waals surface area contributed by atoms with Gasteiger partial charge in [0, 0.05) is 43.7 Å². The first-order chi connectivity index (χ1) is 19.5. The van der Waals surface area contributed by atoms with Gasteiger partial charge in [-0.3, -0.25) is 14.6 Å². The number of aromatic nitrogens is 5. The van der Waals surface area contributed by atoms with Crippen molar-refractivity contribution in [1.82, 2.24) is 35.0 Å². The molecule has 2 aromatic carbocycles. The molecule has 2 fully saturated rings. The van der Waals surface area contributed by atoms with Gasteiger partial charge in [-0.05, 0) is 72.0 Å². The molecule has 0 spiro atoms. The lowest BCUT2D eigenvalue weighted by atomic mass is 9.94. The van der Waals surface area contributed by atoms with Gasteiger partial charge in [0.1, 0.15) is 11.8 Å². The molecule has 0 unspecified atom stereocenters. The molecule has 9 heteroatoms. The molecule has 4 aromatic rings. The SMILES string of the molecule is COc1cccc(CN2CCN([C@H](c3cc4c(C)ccc(C)c4[nH]c3=O)c3nnnn3C3CCCCC3)CC2)c1. The summed E-state index contributed by atoms with van der Waals surface area (Å²) in [5.41, 5.74) is 5.01. The lowest BCUT2D eigenvalue weighted by molar-refractivity contribution is 0.0982. The zero-order chi connectivity index (χ0) is 27.6. The van der Waals surface area contributed by atoms with Crippen LogP contribution in [-0.2, 0) is 6.54 Å². The summed E-state index contributed by atoms with van der Waals surface area (Å²) in [6.07, 6.45) is 5.78. The summed E-state index contributed by atoms with van der Waals surface area (Å²) in [6, 6.07) is 14.5. The minimum atomic E-state index is -0.316. The van der Waals surface area contributed by atoms with E-state index in [1.165, 1.54) is 24.8 Å². The highest BCUT2D eigenvalue weighted by atomic mass is 16.5. The lowest BCUT2D eigenvalue weighted by Crippen LogP contribution is -2.48. The van der Waals surface area contributed by atoms with Gasteiger partial charge in [0.25, 0.3) is 5.56 Å². The maximum absolute atomic E-state index is 13.7. The smallest absolute Gasteiger partial charge is 0.253 e.